The smallest absolute Gasteiger partial charge is 0.189 e. The van der Waals surface area contributed by atoms with Crippen LogP contribution in [0.2, 0.25) is 0 Å². The molecule has 0 amide bonds. The van der Waals surface area contributed by atoms with Gasteiger partial charge in [-0.1, -0.05) is 13.8 Å². The largest absolute Gasteiger partial charge is 0.497 e. The number of benzene rings is 1. The van der Waals surface area contributed by atoms with E-state index in [2.05, 4.69) is 42.3 Å². The summed E-state index contributed by atoms with van der Waals surface area (Å²) in [5, 5.41) is 5.60. The molecular weight excluding hydrogens is 354 g/mol. The van der Waals surface area contributed by atoms with E-state index in [9.17, 15) is 0 Å². The fraction of sp³-hybridized carbons (Fsp3) is 0.381. The lowest BCUT2D eigenvalue weighted by atomic mass is 10.2. The van der Waals surface area contributed by atoms with Crippen molar-refractivity contribution in [1.29, 1.82) is 0 Å². The Morgan fingerprint density at radius 1 is 1.04 bits per heavy atom. The van der Waals surface area contributed by atoms with Gasteiger partial charge in [-0.2, -0.15) is 0 Å². The average Bonchev–Trinajstić information content (AvgIpc) is 3.21. The Bertz CT molecular complexity index is 1130. The zero-order chi connectivity index (χ0) is 19.8. The van der Waals surface area contributed by atoms with Gasteiger partial charge in [0, 0.05) is 12.2 Å². The van der Waals surface area contributed by atoms with Crippen LogP contribution >= 0.6 is 0 Å². The van der Waals surface area contributed by atoms with Gasteiger partial charge in [-0.3, -0.25) is 0 Å². The Labute approximate surface area is 163 Å². The Kier molecular flexibility index (Phi) is 4.66. The second kappa shape index (κ2) is 7.14. The van der Waals surface area contributed by atoms with Crippen LogP contribution in [0.3, 0.4) is 0 Å². The summed E-state index contributed by atoms with van der Waals surface area (Å²) in [5.74, 6) is 2.71. The Morgan fingerprint density at radius 3 is 2.43 bits per heavy atom. The molecule has 0 bridgehead atoms. The molecule has 28 heavy (non-hydrogen) atoms. The molecular formula is C21H25N5O2. The summed E-state index contributed by atoms with van der Waals surface area (Å²) in [6.07, 6.45) is 1.73. The molecule has 0 fully saturated rings. The van der Waals surface area contributed by atoms with Crippen molar-refractivity contribution in [2.45, 2.75) is 40.8 Å². The van der Waals surface area contributed by atoms with Crippen LogP contribution in [-0.2, 0) is 13.2 Å². The second-order valence-electron chi connectivity index (χ2n) is 7.42. The first-order valence-corrected chi connectivity index (χ1v) is 9.44. The Hall–Kier alpha value is -3.09. The van der Waals surface area contributed by atoms with Crippen molar-refractivity contribution in [1.82, 2.24) is 24.1 Å². The number of ether oxygens (including phenoxy) is 2. The molecule has 0 aliphatic rings. The molecule has 3 aromatic heterocycles. The highest BCUT2D eigenvalue weighted by Gasteiger charge is 2.18. The summed E-state index contributed by atoms with van der Waals surface area (Å²) in [5.41, 5.74) is 4.21. The molecule has 0 spiro atoms. The van der Waals surface area contributed by atoms with Crippen molar-refractivity contribution >= 4 is 16.7 Å². The van der Waals surface area contributed by atoms with Crippen molar-refractivity contribution in [3.63, 3.8) is 0 Å². The molecule has 0 saturated carbocycles. The van der Waals surface area contributed by atoms with Crippen molar-refractivity contribution in [3.05, 3.63) is 47.7 Å². The van der Waals surface area contributed by atoms with E-state index in [1.807, 2.05) is 24.3 Å². The third-order valence-electron chi connectivity index (χ3n) is 4.97. The molecule has 7 heteroatoms. The number of rotatable bonds is 6. The normalized spacial score (nSPS) is 11.6. The zero-order valence-corrected chi connectivity index (χ0v) is 16.9. The van der Waals surface area contributed by atoms with Gasteiger partial charge in [-0.15, -0.1) is 5.10 Å². The first kappa shape index (κ1) is 18.3. The molecule has 0 saturated heterocycles. The topological polar surface area (TPSA) is 66.5 Å². The van der Waals surface area contributed by atoms with Crippen LogP contribution in [0.25, 0.3) is 16.7 Å². The summed E-state index contributed by atoms with van der Waals surface area (Å²) < 4.78 is 15.0. The minimum Gasteiger partial charge on any atom is -0.497 e. The van der Waals surface area contributed by atoms with E-state index >= 15 is 0 Å². The number of nitrogens with zero attached hydrogens (tertiary/aromatic N) is 5. The van der Waals surface area contributed by atoms with Gasteiger partial charge < -0.3 is 14.0 Å². The number of methoxy groups -OCH3 is 1. The lowest BCUT2D eigenvalue weighted by Crippen LogP contribution is -2.07. The number of hydrogen-bond donors (Lipinski definition) is 0. The first-order chi connectivity index (χ1) is 13.5. The maximum atomic E-state index is 5.83. The second-order valence-corrected chi connectivity index (χ2v) is 7.42. The van der Waals surface area contributed by atoms with Crippen LogP contribution in [0.1, 0.15) is 30.9 Å². The first-order valence-electron chi connectivity index (χ1n) is 9.44. The summed E-state index contributed by atoms with van der Waals surface area (Å²) in [6.45, 7) is 9.91. The summed E-state index contributed by atoms with van der Waals surface area (Å²) in [6, 6.07) is 7.47. The van der Waals surface area contributed by atoms with Crippen molar-refractivity contribution in [2.75, 3.05) is 7.11 Å². The van der Waals surface area contributed by atoms with E-state index in [0.29, 0.717) is 18.3 Å². The van der Waals surface area contributed by atoms with Crippen LogP contribution in [0.5, 0.6) is 11.5 Å². The molecule has 3 heterocycles. The minimum absolute atomic E-state index is 0.292. The minimum atomic E-state index is 0.292. The third-order valence-corrected chi connectivity index (χ3v) is 4.97. The molecule has 0 atom stereocenters. The number of fused-ring (bicyclic) bond motifs is 3. The van der Waals surface area contributed by atoms with Gasteiger partial charge in [0.1, 0.15) is 30.1 Å². The molecule has 1 aromatic carbocycles. The van der Waals surface area contributed by atoms with Crippen LogP contribution in [0.15, 0.2) is 30.6 Å². The number of aryl methyl sites for hydroxylation is 1. The third kappa shape index (κ3) is 3.17. The predicted molar refractivity (Wildman–Crippen MR) is 108 cm³/mol. The molecule has 0 radical (unpaired) electrons. The zero-order valence-electron chi connectivity index (χ0n) is 16.9. The van der Waals surface area contributed by atoms with E-state index in [0.717, 1.165) is 34.7 Å². The quantitative estimate of drug-likeness (QED) is 0.508. The van der Waals surface area contributed by atoms with Gasteiger partial charge in [0.25, 0.3) is 0 Å². The van der Waals surface area contributed by atoms with Crippen LogP contribution in [0.4, 0.5) is 0 Å². The predicted octanol–water partition coefficient (Wildman–Crippen LogP) is 3.94. The summed E-state index contributed by atoms with van der Waals surface area (Å²) >= 11 is 0. The van der Waals surface area contributed by atoms with Gasteiger partial charge in [-0.05, 0) is 49.6 Å². The number of hydrogen-bond acceptors (Lipinski definition) is 5. The van der Waals surface area contributed by atoms with E-state index in [-0.39, 0.29) is 0 Å². The summed E-state index contributed by atoms with van der Waals surface area (Å²) in [4.78, 5) is 9.40. The Morgan fingerprint density at radius 2 is 1.75 bits per heavy atom. The highest BCUT2D eigenvalue weighted by molar-refractivity contribution is 5.93. The number of aromatic nitrogens is 5. The van der Waals surface area contributed by atoms with Crippen LogP contribution < -0.4 is 9.47 Å². The highest BCUT2D eigenvalue weighted by atomic mass is 16.5. The van der Waals surface area contributed by atoms with Crippen molar-refractivity contribution in [3.8, 4) is 11.5 Å². The van der Waals surface area contributed by atoms with Gasteiger partial charge in [0.05, 0.1) is 12.5 Å². The van der Waals surface area contributed by atoms with Gasteiger partial charge in [0.2, 0.25) is 0 Å². The molecule has 146 valence electrons. The molecule has 0 N–H and O–H groups in total. The van der Waals surface area contributed by atoms with E-state index < -0.39 is 0 Å². The molecule has 4 aromatic rings. The van der Waals surface area contributed by atoms with E-state index in [1.165, 1.54) is 11.3 Å². The monoisotopic (exact) mass is 379 g/mol. The van der Waals surface area contributed by atoms with Crippen molar-refractivity contribution < 1.29 is 9.47 Å². The fourth-order valence-electron chi connectivity index (χ4n) is 3.44. The molecule has 0 unspecified atom stereocenters. The van der Waals surface area contributed by atoms with Crippen LogP contribution in [-0.4, -0.2) is 31.3 Å². The van der Waals surface area contributed by atoms with E-state index in [1.54, 1.807) is 18.0 Å². The SMILES string of the molecule is COc1ccc(OCc2nc3c4c(C)c(C)n(CC(C)C)c4ncn3n2)cc1. The van der Waals surface area contributed by atoms with Gasteiger partial charge >= 0.3 is 0 Å². The Balaban J connectivity index is 1.67. The lowest BCUT2D eigenvalue weighted by molar-refractivity contribution is 0.295. The van der Waals surface area contributed by atoms with Gasteiger partial charge in [-0.25, -0.2) is 14.5 Å². The van der Waals surface area contributed by atoms with Crippen LogP contribution in [0, 0.1) is 19.8 Å². The highest BCUT2D eigenvalue weighted by Crippen LogP contribution is 2.27. The maximum absolute atomic E-state index is 5.83. The lowest BCUT2D eigenvalue weighted by Gasteiger charge is -2.10. The standard InChI is InChI=1S/C21H25N5O2/c1-13(2)10-25-15(4)14(3)19-20(25)22-12-26-21(19)23-18(24-26)11-28-17-8-6-16(27-5)7-9-17/h6-9,12-13H,10-11H2,1-5H3. The summed E-state index contributed by atoms with van der Waals surface area (Å²) in [7, 11) is 1.64. The van der Waals surface area contributed by atoms with E-state index in [4.69, 9.17) is 14.5 Å². The maximum Gasteiger partial charge on any atom is 0.189 e. The molecule has 7 nitrogen and oxygen atoms in total. The van der Waals surface area contributed by atoms with Gasteiger partial charge in [0.15, 0.2) is 11.5 Å². The molecule has 0 aliphatic heterocycles. The fourth-order valence-corrected chi connectivity index (χ4v) is 3.44. The molecule has 4 rings (SSSR count). The average molecular weight is 379 g/mol. The van der Waals surface area contributed by atoms with Crippen molar-refractivity contribution in [2.24, 2.45) is 5.92 Å². The molecule has 0 aliphatic carbocycles.